The van der Waals surface area contributed by atoms with Crippen LogP contribution in [0.1, 0.15) is 23.2 Å². The van der Waals surface area contributed by atoms with Crippen LogP contribution in [-0.2, 0) is 11.3 Å². The lowest BCUT2D eigenvalue weighted by Crippen LogP contribution is -2.20. The summed E-state index contributed by atoms with van der Waals surface area (Å²) in [5.74, 6) is -0.314. The van der Waals surface area contributed by atoms with Gasteiger partial charge in [0.05, 0.1) is 29.7 Å². The van der Waals surface area contributed by atoms with E-state index in [4.69, 9.17) is 9.84 Å². The molecule has 0 spiro atoms. The quantitative estimate of drug-likeness (QED) is 0.782. The standard InChI is InChI=1S/C14H16N2O4/c17-13(18)10-3-4-11-12(7-10)16(14(19)15-11)5-6-20-8-9-1-2-9/h3-4,7,9H,1-2,5-6,8H2,(H,15,19)(H,17,18). The number of H-pyrrole nitrogens is 1. The highest BCUT2D eigenvalue weighted by atomic mass is 16.5. The van der Waals surface area contributed by atoms with E-state index in [1.807, 2.05) is 0 Å². The first-order valence-corrected chi connectivity index (χ1v) is 6.69. The van der Waals surface area contributed by atoms with Crippen molar-refractivity contribution in [2.24, 2.45) is 5.92 Å². The van der Waals surface area contributed by atoms with Gasteiger partial charge in [-0.05, 0) is 37.0 Å². The van der Waals surface area contributed by atoms with Gasteiger partial charge in [-0.3, -0.25) is 4.57 Å². The summed E-state index contributed by atoms with van der Waals surface area (Å²) in [6.07, 6.45) is 2.46. The number of carboxylic acid groups (broad SMARTS) is 1. The van der Waals surface area contributed by atoms with Crippen molar-refractivity contribution in [1.82, 2.24) is 9.55 Å². The zero-order valence-corrected chi connectivity index (χ0v) is 11.0. The summed E-state index contributed by atoms with van der Waals surface area (Å²) in [4.78, 5) is 25.6. The molecule has 1 saturated carbocycles. The molecule has 2 N–H and O–H groups in total. The number of fused-ring (bicyclic) bond motifs is 1. The molecule has 0 aliphatic heterocycles. The normalized spacial score (nSPS) is 14.8. The largest absolute Gasteiger partial charge is 0.478 e. The van der Waals surface area contributed by atoms with E-state index in [1.165, 1.54) is 29.5 Å². The Morgan fingerprint density at radius 1 is 1.45 bits per heavy atom. The number of aromatic nitrogens is 2. The third kappa shape index (κ3) is 2.60. The number of benzene rings is 1. The minimum atomic E-state index is -1.00. The molecule has 6 heteroatoms. The Hall–Kier alpha value is -2.08. The lowest BCUT2D eigenvalue weighted by molar-refractivity contribution is 0.0697. The summed E-state index contributed by atoms with van der Waals surface area (Å²) >= 11 is 0. The van der Waals surface area contributed by atoms with Crippen LogP contribution in [0.3, 0.4) is 0 Å². The van der Waals surface area contributed by atoms with Gasteiger partial charge >= 0.3 is 11.7 Å². The van der Waals surface area contributed by atoms with E-state index in [1.54, 1.807) is 6.07 Å². The van der Waals surface area contributed by atoms with Crippen molar-refractivity contribution >= 4 is 17.0 Å². The van der Waals surface area contributed by atoms with Crippen LogP contribution in [0.15, 0.2) is 23.0 Å². The molecule has 1 aliphatic rings. The topological polar surface area (TPSA) is 84.3 Å². The number of carbonyl (C=O) groups is 1. The molecule has 1 aromatic heterocycles. The Labute approximate surface area is 115 Å². The van der Waals surface area contributed by atoms with Crippen LogP contribution < -0.4 is 5.69 Å². The van der Waals surface area contributed by atoms with E-state index < -0.39 is 5.97 Å². The summed E-state index contributed by atoms with van der Waals surface area (Å²) in [7, 11) is 0. The number of carboxylic acids is 1. The SMILES string of the molecule is O=C(O)c1ccc2[nH]c(=O)n(CCOCC3CC3)c2c1. The van der Waals surface area contributed by atoms with E-state index in [-0.39, 0.29) is 11.3 Å². The maximum absolute atomic E-state index is 11.9. The molecule has 0 saturated heterocycles. The lowest BCUT2D eigenvalue weighted by Gasteiger charge is -2.05. The second kappa shape index (κ2) is 5.13. The molecular weight excluding hydrogens is 260 g/mol. The second-order valence-electron chi connectivity index (χ2n) is 5.14. The molecule has 106 valence electrons. The third-order valence-corrected chi connectivity index (χ3v) is 3.53. The average molecular weight is 276 g/mol. The number of rotatable bonds is 6. The highest BCUT2D eigenvalue weighted by Gasteiger charge is 2.21. The Morgan fingerprint density at radius 2 is 2.25 bits per heavy atom. The second-order valence-corrected chi connectivity index (χ2v) is 5.14. The van der Waals surface area contributed by atoms with E-state index in [2.05, 4.69) is 4.98 Å². The fourth-order valence-corrected chi connectivity index (χ4v) is 2.20. The van der Waals surface area contributed by atoms with Crippen molar-refractivity contribution in [3.05, 3.63) is 34.2 Å². The van der Waals surface area contributed by atoms with Crippen LogP contribution in [-0.4, -0.2) is 33.8 Å². The smallest absolute Gasteiger partial charge is 0.335 e. The molecule has 1 heterocycles. The molecule has 20 heavy (non-hydrogen) atoms. The van der Waals surface area contributed by atoms with Crippen LogP contribution in [0, 0.1) is 5.92 Å². The highest BCUT2D eigenvalue weighted by molar-refractivity contribution is 5.92. The van der Waals surface area contributed by atoms with Crippen LogP contribution in [0.4, 0.5) is 0 Å². The zero-order chi connectivity index (χ0) is 14.1. The predicted octanol–water partition coefficient (Wildman–Crippen LogP) is 1.45. The Balaban J connectivity index is 1.80. The maximum Gasteiger partial charge on any atom is 0.335 e. The van der Waals surface area contributed by atoms with Crippen LogP contribution in [0.25, 0.3) is 11.0 Å². The van der Waals surface area contributed by atoms with Gasteiger partial charge < -0.3 is 14.8 Å². The molecular formula is C14H16N2O4. The van der Waals surface area contributed by atoms with Gasteiger partial charge in [0.1, 0.15) is 0 Å². The summed E-state index contributed by atoms with van der Waals surface area (Å²) in [5.41, 5.74) is 1.17. The van der Waals surface area contributed by atoms with Crippen molar-refractivity contribution < 1.29 is 14.6 Å². The average Bonchev–Trinajstić information content (AvgIpc) is 3.18. The summed E-state index contributed by atoms with van der Waals surface area (Å²) < 4.78 is 7.05. The number of nitrogens with one attached hydrogen (secondary N) is 1. The number of imidazole rings is 1. The summed E-state index contributed by atoms with van der Waals surface area (Å²) in [6.45, 7) is 1.63. The molecule has 0 bridgehead atoms. The number of nitrogens with zero attached hydrogens (tertiary/aromatic N) is 1. The van der Waals surface area contributed by atoms with E-state index >= 15 is 0 Å². The molecule has 0 radical (unpaired) electrons. The first-order valence-electron chi connectivity index (χ1n) is 6.69. The fraction of sp³-hybridized carbons (Fsp3) is 0.429. The number of aromatic carboxylic acids is 1. The minimum Gasteiger partial charge on any atom is -0.478 e. The van der Waals surface area contributed by atoms with Crippen LogP contribution in [0.2, 0.25) is 0 Å². The first kappa shape index (κ1) is 12.9. The van der Waals surface area contributed by atoms with E-state index in [9.17, 15) is 9.59 Å². The van der Waals surface area contributed by atoms with E-state index in [0.29, 0.717) is 30.1 Å². The van der Waals surface area contributed by atoms with Gasteiger partial charge in [0.25, 0.3) is 0 Å². The van der Waals surface area contributed by atoms with Gasteiger partial charge in [0.2, 0.25) is 0 Å². The zero-order valence-electron chi connectivity index (χ0n) is 11.0. The van der Waals surface area contributed by atoms with Crippen molar-refractivity contribution in [3.8, 4) is 0 Å². The van der Waals surface area contributed by atoms with Crippen molar-refractivity contribution in [1.29, 1.82) is 0 Å². The first-order chi connectivity index (χ1) is 9.65. The number of aromatic amines is 1. The molecule has 3 rings (SSSR count). The fourth-order valence-electron chi connectivity index (χ4n) is 2.20. The van der Waals surface area contributed by atoms with Crippen molar-refractivity contribution in [2.75, 3.05) is 13.2 Å². The Kier molecular flexibility index (Phi) is 3.31. The van der Waals surface area contributed by atoms with Gasteiger partial charge in [0, 0.05) is 6.61 Å². The molecule has 1 aromatic carbocycles. The van der Waals surface area contributed by atoms with Crippen molar-refractivity contribution in [2.45, 2.75) is 19.4 Å². The Morgan fingerprint density at radius 3 is 2.95 bits per heavy atom. The lowest BCUT2D eigenvalue weighted by atomic mass is 10.2. The molecule has 6 nitrogen and oxygen atoms in total. The molecule has 2 aromatic rings. The van der Waals surface area contributed by atoms with E-state index in [0.717, 1.165) is 6.61 Å². The minimum absolute atomic E-state index is 0.171. The third-order valence-electron chi connectivity index (χ3n) is 3.53. The van der Waals surface area contributed by atoms with Crippen LogP contribution >= 0.6 is 0 Å². The predicted molar refractivity (Wildman–Crippen MR) is 73.1 cm³/mol. The number of ether oxygens (including phenoxy) is 1. The van der Waals surface area contributed by atoms with Gasteiger partial charge in [-0.25, -0.2) is 9.59 Å². The molecule has 1 aliphatic carbocycles. The Bertz CT molecular complexity index is 697. The molecule has 0 unspecified atom stereocenters. The molecule has 0 atom stereocenters. The molecule has 1 fully saturated rings. The number of hydrogen-bond donors (Lipinski definition) is 2. The van der Waals surface area contributed by atoms with Crippen molar-refractivity contribution in [3.63, 3.8) is 0 Å². The summed E-state index contributed by atoms with van der Waals surface area (Å²) in [6, 6.07) is 4.60. The van der Waals surface area contributed by atoms with Gasteiger partial charge in [-0.1, -0.05) is 0 Å². The highest BCUT2D eigenvalue weighted by Crippen LogP contribution is 2.28. The van der Waals surface area contributed by atoms with Crippen LogP contribution in [0.5, 0.6) is 0 Å². The summed E-state index contributed by atoms with van der Waals surface area (Å²) in [5, 5.41) is 9.00. The maximum atomic E-state index is 11.9. The van der Waals surface area contributed by atoms with Gasteiger partial charge in [-0.2, -0.15) is 0 Å². The van der Waals surface area contributed by atoms with Gasteiger partial charge in [-0.15, -0.1) is 0 Å². The van der Waals surface area contributed by atoms with Gasteiger partial charge in [0.15, 0.2) is 0 Å². The monoisotopic (exact) mass is 276 g/mol. The number of hydrogen-bond acceptors (Lipinski definition) is 3. The molecule has 0 amide bonds.